The van der Waals surface area contributed by atoms with Gasteiger partial charge in [-0.1, -0.05) is 43.3 Å². The van der Waals surface area contributed by atoms with Gasteiger partial charge in [0.25, 0.3) is 0 Å². The van der Waals surface area contributed by atoms with Crippen molar-refractivity contribution in [2.75, 3.05) is 25.6 Å². The number of carbonyl (C=O) groups is 1. The van der Waals surface area contributed by atoms with Crippen LogP contribution < -0.4 is 15.8 Å². The molecule has 25 heavy (non-hydrogen) atoms. The van der Waals surface area contributed by atoms with Gasteiger partial charge in [0.05, 0.1) is 12.5 Å². The fourth-order valence-corrected chi connectivity index (χ4v) is 2.44. The molecule has 5 nitrogen and oxygen atoms in total. The molecule has 0 saturated carbocycles. The summed E-state index contributed by atoms with van der Waals surface area (Å²) in [4.78, 5) is 12.5. The van der Waals surface area contributed by atoms with Gasteiger partial charge in [-0.05, 0) is 17.7 Å². The van der Waals surface area contributed by atoms with Crippen molar-refractivity contribution >= 4 is 11.6 Å². The van der Waals surface area contributed by atoms with Crippen LogP contribution in [0.4, 0.5) is 5.69 Å². The number of methoxy groups -OCH3 is 1. The number of amides is 1. The first kappa shape index (κ1) is 19.0. The van der Waals surface area contributed by atoms with Crippen LogP contribution in [0.1, 0.15) is 24.9 Å². The van der Waals surface area contributed by atoms with Gasteiger partial charge in [0.15, 0.2) is 0 Å². The molecule has 2 unspecified atom stereocenters. The summed E-state index contributed by atoms with van der Waals surface area (Å²) in [6, 6.07) is 16.6. The van der Waals surface area contributed by atoms with Gasteiger partial charge in [0.1, 0.15) is 5.75 Å². The number of anilines is 1. The van der Waals surface area contributed by atoms with Crippen molar-refractivity contribution in [3.63, 3.8) is 0 Å². The predicted octanol–water partition coefficient (Wildman–Crippen LogP) is 3.38. The summed E-state index contributed by atoms with van der Waals surface area (Å²) < 4.78 is 10.6. The molecule has 2 atom stereocenters. The number of benzene rings is 2. The molecule has 0 aliphatic heterocycles. The Kier molecular flexibility index (Phi) is 7.44. The third kappa shape index (κ3) is 5.89. The van der Waals surface area contributed by atoms with E-state index in [1.165, 1.54) is 0 Å². The van der Waals surface area contributed by atoms with Crippen molar-refractivity contribution in [2.45, 2.75) is 19.4 Å². The van der Waals surface area contributed by atoms with E-state index >= 15 is 0 Å². The average molecular weight is 342 g/mol. The lowest BCUT2D eigenvalue weighted by Crippen LogP contribution is -2.30. The highest BCUT2D eigenvalue weighted by molar-refractivity contribution is 5.93. The van der Waals surface area contributed by atoms with Crippen LogP contribution >= 0.6 is 0 Å². The molecule has 0 aromatic heterocycles. The molecule has 0 bridgehead atoms. The van der Waals surface area contributed by atoms with Crippen LogP contribution in [0.15, 0.2) is 54.6 Å². The Morgan fingerprint density at radius 3 is 2.60 bits per heavy atom. The van der Waals surface area contributed by atoms with Crippen LogP contribution in [-0.4, -0.2) is 26.2 Å². The quantitative estimate of drug-likeness (QED) is 0.685. The molecule has 134 valence electrons. The fourth-order valence-electron chi connectivity index (χ4n) is 2.44. The number of hydrogen-bond donors (Lipinski definition) is 2. The summed E-state index contributed by atoms with van der Waals surface area (Å²) in [5.41, 5.74) is 7.86. The topological polar surface area (TPSA) is 73.6 Å². The molecule has 0 heterocycles. The molecule has 0 fully saturated rings. The summed E-state index contributed by atoms with van der Waals surface area (Å²) >= 11 is 0. The lowest BCUT2D eigenvalue weighted by Gasteiger charge is -2.20. The van der Waals surface area contributed by atoms with Crippen molar-refractivity contribution in [1.29, 1.82) is 0 Å². The van der Waals surface area contributed by atoms with Crippen molar-refractivity contribution in [2.24, 2.45) is 11.7 Å². The van der Waals surface area contributed by atoms with E-state index in [0.717, 1.165) is 12.0 Å². The van der Waals surface area contributed by atoms with E-state index in [0.29, 0.717) is 24.7 Å². The molecule has 3 N–H and O–H groups in total. The van der Waals surface area contributed by atoms with E-state index in [4.69, 9.17) is 15.2 Å². The van der Waals surface area contributed by atoms with Gasteiger partial charge in [-0.2, -0.15) is 0 Å². The third-order valence-corrected chi connectivity index (χ3v) is 4.00. The van der Waals surface area contributed by atoms with E-state index in [9.17, 15) is 4.79 Å². The average Bonchev–Trinajstić information content (AvgIpc) is 2.65. The molecule has 1 amide bonds. The van der Waals surface area contributed by atoms with Gasteiger partial charge >= 0.3 is 0 Å². The van der Waals surface area contributed by atoms with Crippen LogP contribution in [0, 0.1) is 5.92 Å². The monoisotopic (exact) mass is 342 g/mol. The van der Waals surface area contributed by atoms with Crippen molar-refractivity contribution in [3.05, 3.63) is 60.2 Å². The number of carbonyl (C=O) groups excluding carboxylic acids is 1. The molecular formula is C20H26N2O3. The Labute approximate surface area is 149 Å². The zero-order valence-electron chi connectivity index (χ0n) is 14.8. The predicted molar refractivity (Wildman–Crippen MR) is 99.6 cm³/mol. The SMILES string of the molecule is COCCCOc1cccc(NC(=O)C(C)C(N)c2ccccc2)c1. The zero-order valence-corrected chi connectivity index (χ0v) is 14.8. The largest absolute Gasteiger partial charge is 0.493 e. The zero-order chi connectivity index (χ0) is 18.1. The molecular weight excluding hydrogens is 316 g/mol. The van der Waals surface area contributed by atoms with E-state index in [1.54, 1.807) is 7.11 Å². The number of hydrogen-bond acceptors (Lipinski definition) is 4. The molecule has 2 rings (SSSR count). The summed E-state index contributed by atoms with van der Waals surface area (Å²) in [7, 11) is 1.66. The van der Waals surface area contributed by atoms with E-state index in [1.807, 2.05) is 61.5 Å². The molecule has 0 spiro atoms. The Hall–Kier alpha value is -2.37. The second-order valence-corrected chi connectivity index (χ2v) is 5.94. The lowest BCUT2D eigenvalue weighted by molar-refractivity contribution is -0.120. The van der Waals surface area contributed by atoms with Crippen LogP contribution in [0.2, 0.25) is 0 Å². The number of ether oxygens (including phenoxy) is 2. The Morgan fingerprint density at radius 1 is 1.12 bits per heavy atom. The molecule has 0 aliphatic carbocycles. The Bertz CT molecular complexity index is 661. The summed E-state index contributed by atoms with van der Waals surface area (Å²) in [6.07, 6.45) is 0.816. The molecule has 2 aromatic rings. The van der Waals surface area contributed by atoms with Gasteiger partial charge in [-0.15, -0.1) is 0 Å². The Morgan fingerprint density at radius 2 is 1.88 bits per heavy atom. The first-order valence-electron chi connectivity index (χ1n) is 8.45. The van der Waals surface area contributed by atoms with Crippen molar-refractivity contribution in [1.82, 2.24) is 0 Å². The third-order valence-electron chi connectivity index (χ3n) is 4.00. The maximum Gasteiger partial charge on any atom is 0.229 e. The number of nitrogens with two attached hydrogens (primary N) is 1. The lowest BCUT2D eigenvalue weighted by atomic mass is 9.94. The van der Waals surface area contributed by atoms with Gasteiger partial charge in [0, 0.05) is 37.9 Å². The number of rotatable bonds is 9. The highest BCUT2D eigenvalue weighted by atomic mass is 16.5. The van der Waals surface area contributed by atoms with Crippen molar-refractivity contribution < 1.29 is 14.3 Å². The van der Waals surface area contributed by atoms with E-state index < -0.39 is 0 Å². The normalized spacial score (nSPS) is 13.1. The Balaban J connectivity index is 1.93. The van der Waals surface area contributed by atoms with Crippen LogP contribution in [0.3, 0.4) is 0 Å². The van der Waals surface area contributed by atoms with Gasteiger partial charge in [-0.25, -0.2) is 0 Å². The van der Waals surface area contributed by atoms with Gasteiger partial charge in [0.2, 0.25) is 5.91 Å². The highest BCUT2D eigenvalue weighted by Crippen LogP contribution is 2.22. The van der Waals surface area contributed by atoms with Crippen LogP contribution in [-0.2, 0) is 9.53 Å². The molecule has 0 saturated heterocycles. The van der Waals surface area contributed by atoms with Crippen LogP contribution in [0.5, 0.6) is 5.75 Å². The minimum atomic E-state index is -0.353. The smallest absolute Gasteiger partial charge is 0.229 e. The molecule has 2 aromatic carbocycles. The first-order valence-corrected chi connectivity index (χ1v) is 8.45. The second-order valence-electron chi connectivity index (χ2n) is 5.94. The minimum Gasteiger partial charge on any atom is -0.493 e. The van der Waals surface area contributed by atoms with Gasteiger partial charge in [-0.3, -0.25) is 4.79 Å². The summed E-state index contributed by atoms with van der Waals surface area (Å²) in [5, 5.41) is 2.91. The highest BCUT2D eigenvalue weighted by Gasteiger charge is 2.22. The standard InChI is InChI=1S/C20H26N2O3/c1-15(19(21)16-8-4-3-5-9-16)20(23)22-17-10-6-11-18(14-17)25-13-7-12-24-2/h3-6,8-11,14-15,19H,7,12-13,21H2,1-2H3,(H,22,23). The van der Waals surface area contributed by atoms with E-state index in [-0.39, 0.29) is 17.9 Å². The molecule has 5 heteroatoms. The molecule has 0 aliphatic rings. The number of nitrogens with one attached hydrogen (secondary N) is 1. The van der Waals surface area contributed by atoms with Crippen LogP contribution in [0.25, 0.3) is 0 Å². The first-order chi connectivity index (χ1) is 12.1. The van der Waals surface area contributed by atoms with E-state index in [2.05, 4.69) is 5.32 Å². The maximum atomic E-state index is 12.5. The van der Waals surface area contributed by atoms with Crippen molar-refractivity contribution in [3.8, 4) is 5.75 Å². The minimum absolute atomic E-state index is 0.118. The second kappa shape index (κ2) is 9.81. The molecule has 0 radical (unpaired) electrons. The fraction of sp³-hybridized carbons (Fsp3) is 0.350. The maximum absolute atomic E-state index is 12.5. The summed E-state index contributed by atoms with van der Waals surface area (Å²) in [5.74, 6) is 0.246. The van der Waals surface area contributed by atoms with Gasteiger partial charge < -0.3 is 20.5 Å². The summed E-state index contributed by atoms with van der Waals surface area (Å²) in [6.45, 7) is 3.06.